The third-order valence-electron chi connectivity index (χ3n) is 0.928. The lowest BCUT2D eigenvalue weighted by Gasteiger charge is -2.01. The number of alkyl halides is 3. The quantitative estimate of drug-likeness (QED) is 0.543. The van der Waals surface area contributed by atoms with Gasteiger partial charge in [-0.2, -0.15) is 13.2 Å². The molecule has 0 bridgehead atoms. The Balaban J connectivity index is 3.28. The second kappa shape index (κ2) is 4.36. The van der Waals surface area contributed by atoms with E-state index in [0.717, 1.165) is 0 Å². The first-order valence-electron chi connectivity index (χ1n) is 3.07. The van der Waals surface area contributed by atoms with Crippen LogP contribution in [0.1, 0.15) is 19.3 Å². The Labute approximate surface area is 58.7 Å². The molecule has 0 heterocycles. The normalized spacial score (nSPS) is 12.8. The van der Waals surface area contributed by atoms with Crippen molar-refractivity contribution >= 4 is 0 Å². The van der Waals surface area contributed by atoms with Gasteiger partial charge in [0.15, 0.2) is 0 Å². The van der Waals surface area contributed by atoms with E-state index in [9.17, 15) is 13.2 Å². The van der Waals surface area contributed by atoms with Gasteiger partial charge < -0.3 is 0 Å². The monoisotopic (exact) mass is 151 g/mol. The lowest BCUT2D eigenvalue weighted by molar-refractivity contribution is -0.133. The maximum absolute atomic E-state index is 11.4. The summed E-state index contributed by atoms with van der Waals surface area (Å²) in [6, 6.07) is 0. The van der Waals surface area contributed by atoms with Crippen LogP contribution in [-0.2, 0) is 0 Å². The molecule has 0 amide bonds. The van der Waals surface area contributed by atoms with Crippen LogP contribution < -0.4 is 0 Å². The highest BCUT2D eigenvalue weighted by molar-refractivity contribution is 4.82. The second-order valence-electron chi connectivity index (χ2n) is 1.91. The minimum absolute atomic E-state index is 0.0685. The van der Waals surface area contributed by atoms with Crippen molar-refractivity contribution in [2.24, 2.45) is 0 Å². The molecule has 0 saturated heterocycles. The molecule has 0 spiro atoms. The van der Waals surface area contributed by atoms with Gasteiger partial charge in [0.2, 0.25) is 0 Å². The van der Waals surface area contributed by atoms with Crippen molar-refractivity contribution in [2.45, 2.75) is 25.4 Å². The molecule has 0 unspecified atom stereocenters. The summed E-state index contributed by atoms with van der Waals surface area (Å²) >= 11 is 0. The molecule has 0 N–H and O–H groups in total. The van der Waals surface area contributed by atoms with E-state index in [1.54, 1.807) is 6.08 Å². The summed E-state index contributed by atoms with van der Waals surface area (Å²) in [6.07, 6.45) is -1.00. The van der Waals surface area contributed by atoms with Gasteiger partial charge in [0.1, 0.15) is 0 Å². The first-order valence-corrected chi connectivity index (χ1v) is 3.07. The Morgan fingerprint density at radius 1 is 1.20 bits per heavy atom. The minimum Gasteiger partial charge on any atom is -0.171 e. The van der Waals surface area contributed by atoms with Gasteiger partial charge in [-0.25, -0.2) is 0 Å². The zero-order valence-electron chi connectivity index (χ0n) is 5.62. The van der Waals surface area contributed by atoms with Crippen molar-refractivity contribution in [3.8, 4) is 0 Å². The average Bonchev–Trinajstić information content (AvgIpc) is 1.78. The molecule has 0 rings (SSSR count). The summed E-state index contributed by atoms with van der Waals surface area (Å²) in [7, 11) is 0. The second-order valence-corrected chi connectivity index (χ2v) is 1.91. The highest BCUT2D eigenvalue weighted by Gasteiger charge is 2.25. The van der Waals surface area contributed by atoms with Gasteiger partial charge in [0.25, 0.3) is 0 Å². The van der Waals surface area contributed by atoms with Crippen molar-refractivity contribution in [1.29, 1.82) is 0 Å². The first-order chi connectivity index (χ1) is 4.56. The van der Waals surface area contributed by atoms with Crippen molar-refractivity contribution in [1.82, 2.24) is 0 Å². The molecule has 0 atom stereocenters. The maximum Gasteiger partial charge on any atom is 0.389 e. The fourth-order valence-corrected chi connectivity index (χ4v) is 0.483. The van der Waals surface area contributed by atoms with Gasteiger partial charge in [-0.15, -0.1) is 0 Å². The van der Waals surface area contributed by atoms with Crippen LogP contribution in [0.4, 0.5) is 13.2 Å². The summed E-state index contributed by atoms with van der Waals surface area (Å²) in [5.41, 5.74) is 0. The van der Waals surface area contributed by atoms with E-state index in [-0.39, 0.29) is 6.42 Å². The van der Waals surface area contributed by atoms with Crippen LogP contribution in [0.25, 0.3) is 0 Å². The van der Waals surface area contributed by atoms with Crippen molar-refractivity contribution in [2.75, 3.05) is 0 Å². The summed E-state index contributed by atoms with van der Waals surface area (Å²) in [5, 5.41) is 0. The fraction of sp³-hybridized carbons (Fsp3) is 0.571. The SMILES string of the molecule is [CH2]C/C=C/CCC(F)(F)F. The number of rotatable bonds is 3. The van der Waals surface area contributed by atoms with Gasteiger partial charge in [0.05, 0.1) is 0 Å². The molecule has 0 aliphatic carbocycles. The van der Waals surface area contributed by atoms with Gasteiger partial charge in [-0.3, -0.25) is 0 Å². The minimum atomic E-state index is -4.02. The zero-order chi connectivity index (χ0) is 8.04. The van der Waals surface area contributed by atoms with Crippen LogP contribution in [0.5, 0.6) is 0 Å². The molecule has 0 saturated carbocycles. The molecular formula is C7H10F3. The van der Waals surface area contributed by atoms with E-state index in [0.29, 0.717) is 6.42 Å². The van der Waals surface area contributed by atoms with E-state index >= 15 is 0 Å². The zero-order valence-corrected chi connectivity index (χ0v) is 5.62. The van der Waals surface area contributed by atoms with Crippen LogP contribution in [0.15, 0.2) is 12.2 Å². The molecule has 3 heteroatoms. The molecule has 10 heavy (non-hydrogen) atoms. The van der Waals surface area contributed by atoms with E-state index in [4.69, 9.17) is 0 Å². The third-order valence-corrected chi connectivity index (χ3v) is 0.928. The summed E-state index contributed by atoms with van der Waals surface area (Å²) in [6.45, 7) is 3.45. The first kappa shape index (κ1) is 9.53. The number of hydrogen-bond donors (Lipinski definition) is 0. The van der Waals surface area contributed by atoms with Crippen LogP contribution >= 0.6 is 0 Å². The predicted octanol–water partition coefficient (Wildman–Crippen LogP) is 3.11. The molecule has 0 aromatic rings. The van der Waals surface area contributed by atoms with E-state index in [1.165, 1.54) is 6.08 Å². The Bertz CT molecular complexity index is 102. The maximum atomic E-state index is 11.4. The number of hydrogen-bond acceptors (Lipinski definition) is 0. The average molecular weight is 151 g/mol. The Kier molecular flexibility index (Phi) is 4.16. The Morgan fingerprint density at radius 2 is 1.80 bits per heavy atom. The van der Waals surface area contributed by atoms with Crippen molar-refractivity contribution in [3.63, 3.8) is 0 Å². The van der Waals surface area contributed by atoms with E-state index in [2.05, 4.69) is 6.92 Å². The molecule has 0 aromatic heterocycles. The van der Waals surface area contributed by atoms with Crippen molar-refractivity contribution < 1.29 is 13.2 Å². The molecule has 0 aromatic carbocycles. The molecular weight excluding hydrogens is 141 g/mol. The standard InChI is InChI=1S/C7H10F3/c1-2-3-4-5-6-7(8,9)10/h3-4H,1-2,5-6H2/b4-3+. The smallest absolute Gasteiger partial charge is 0.171 e. The van der Waals surface area contributed by atoms with Crippen LogP contribution in [0.2, 0.25) is 0 Å². The van der Waals surface area contributed by atoms with E-state index in [1.807, 2.05) is 0 Å². The van der Waals surface area contributed by atoms with Gasteiger partial charge in [0, 0.05) is 6.42 Å². The molecule has 0 aliphatic rings. The molecule has 1 radical (unpaired) electrons. The molecule has 59 valence electrons. The van der Waals surface area contributed by atoms with Gasteiger partial charge in [-0.05, 0) is 19.8 Å². The molecule has 0 aliphatic heterocycles. The van der Waals surface area contributed by atoms with Crippen LogP contribution in [0, 0.1) is 6.92 Å². The lowest BCUT2D eigenvalue weighted by Crippen LogP contribution is -2.05. The predicted molar refractivity (Wildman–Crippen MR) is 34.4 cm³/mol. The summed E-state index contributed by atoms with van der Waals surface area (Å²) in [5.74, 6) is 0. The van der Waals surface area contributed by atoms with Gasteiger partial charge in [-0.1, -0.05) is 12.2 Å². The van der Waals surface area contributed by atoms with Crippen LogP contribution in [0.3, 0.4) is 0 Å². The van der Waals surface area contributed by atoms with Crippen molar-refractivity contribution in [3.05, 3.63) is 19.1 Å². The molecule has 0 fully saturated rings. The number of allylic oxidation sites excluding steroid dienone is 2. The fourth-order valence-electron chi connectivity index (χ4n) is 0.483. The van der Waals surface area contributed by atoms with Crippen LogP contribution in [-0.4, -0.2) is 6.18 Å². The highest BCUT2D eigenvalue weighted by Crippen LogP contribution is 2.21. The number of halogens is 3. The lowest BCUT2D eigenvalue weighted by atomic mass is 10.2. The van der Waals surface area contributed by atoms with E-state index < -0.39 is 12.6 Å². The molecule has 0 nitrogen and oxygen atoms in total. The van der Waals surface area contributed by atoms with Gasteiger partial charge >= 0.3 is 6.18 Å². The topological polar surface area (TPSA) is 0 Å². The third kappa shape index (κ3) is 7.53. The largest absolute Gasteiger partial charge is 0.389 e. The Hall–Kier alpha value is -0.470. The Morgan fingerprint density at radius 3 is 2.20 bits per heavy atom. The summed E-state index contributed by atoms with van der Waals surface area (Å²) < 4.78 is 34.3. The highest BCUT2D eigenvalue weighted by atomic mass is 19.4. The summed E-state index contributed by atoms with van der Waals surface area (Å²) in [4.78, 5) is 0.